The first kappa shape index (κ1) is 18.2. The SMILES string of the molecule is CCNC(=O)C/C(C)=N\NC(=O)COc1ccc(Br)cc1C. The summed E-state index contributed by atoms with van der Waals surface area (Å²) in [6.45, 7) is 5.84. The van der Waals surface area contributed by atoms with Gasteiger partial charge in [-0.15, -0.1) is 0 Å². The lowest BCUT2D eigenvalue weighted by Gasteiger charge is -2.08. The summed E-state index contributed by atoms with van der Waals surface area (Å²) >= 11 is 3.36. The van der Waals surface area contributed by atoms with Crippen molar-refractivity contribution in [3.8, 4) is 5.75 Å². The van der Waals surface area contributed by atoms with Gasteiger partial charge in [0.25, 0.3) is 5.91 Å². The Hall–Kier alpha value is -1.89. The van der Waals surface area contributed by atoms with Crippen molar-refractivity contribution >= 4 is 33.5 Å². The van der Waals surface area contributed by atoms with Crippen LogP contribution < -0.4 is 15.5 Å². The van der Waals surface area contributed by atoms with Gasteiger partial charge in [-0.3, -0.25) is 9.59 Å². The Kier molecular flexibility index (Phi) is 7.59. The van der Waals surface area contributed by atoms with Gasteiger partial charge in [0.1, 0.15) is 5.75 Å². The molecule has 1 aromatic rings. The molecule has 0 aliphatic carbocycles. The molecule has 0 aromatic heterocycles. The summed E-state index contributed by atoms with van der Waals surface area (Å²) in [5.41, 5.74) is 3.82. The number of hydrazone groups is 1. The van der Waals surface area contributed by atoms with Gasteiger partial charge in [-0.25, -0.2) is 5.43 Å². The number of benzene rings is 1. The Labute approximate surface area is 138 Å². The number of ether oxygens (including phenoxy) is 1. The minimum absolute atomic E-state index is 0.125. The molecule has 6 nitrogen and oxygen atoms in total. The van der Waals surface area contributed by atoms with E-state index < -0.39 is 0 Å². The lowest BCUT2D eigenvalue weighted by molar-refractivity contribution is -0.123. The van der Waals surface area contributed by atoms with E-state index in [4.69, 9.17) is 4.74 Å². The van der Waals surface area contributed by atoms with Crippen molar-refractivity contribution in [2.24, 2.45) is 5.10 Å². The van der Waals surface area contributed by atoms with Crippen molar-refractivity contribution < 1.29 is 14.3 Å². The van der Waals surface area contributed by atoms with E-state index >= 15 is 0 Å². The van der Waals surface area contributed by atoms with E-state index in [-0.39, 0.29) is 24.8 Å². The molecule has 2 amide bonds. The molecule has 0 aliphatic rings. The zero-order valence-electron chi connectivity index (χ0n) is 12.9. The van der Waals surface area contributed by atoms with Gasteiger partial charge in [-0.05, 0) is 44.5 Å². The Morgan fingerprint density at radius 3 is 2.68 bits per heavy atom. The molecule has 7 heteroatoms. The minimum atomic E-state index is -0.377. The van der Waals surface area contributed by atoms with Crippen LogP contribution in [0.4, 0.5) is 0 Å². The molecule has 0 heterocycles. The molecular weight excluding hydrogens is 350 g/mol. The first-order valence-electron chi connectivity index (χ1n) is 6.90. The normalized spacial score (nSPS) is 11.0. The number of hydrogen-bond acceptors (Lipinski definition) is 4. The van der Waals surface area contributed by atoms with Crippen LogP contribution >= 0.6 is 15.9 Å². The third-order valence-corrected chi connectivity index (χ3v) is 3.15. The van der Waals surface area contributed by atoms with Gasteiger partial charge in [-0.1, -0.05) is 15.9 Å². The van der Waals surface area contributed by atoms with Crippen LogP contribution in [-0.4, -0.2) is 30.7 Å². The van der Waals surface area contributed by atoms with Crippen LogP contribution in [0.5, 0.6) is 5.75 Å². The first-order chi connectivity index (χ1) is 10.4. The lowest BCUT2D eigenvalue weighted by Crippen LogP contribution is -2.28. The fourth-order valence-electron chi connectivity index (χ4n) is 1.64. The predicted molar refractivity (Wildman–Crippen MR) is 88.9 cm³/mol. The van der Waals surface area contributed by atoms with Crippen LogP contribution in [0, 0.1) is 6.92 Å². The number of aryl methyl sites for hydroxylation is 1. The molecule has 2 N–H and O–H groups in total. The molecule has 0 aliphatic heterocycles. The quantitative estimate of drug-likeness (QED) is 0.570. The number of carbonyl (C=O) groups is 2. The zero-order valence-corrected chi connectivity index (χ0v) is 14.5. The number of nitrogens with zero attached hydrogens (tertiary/aromatic N) is 1. The van der Waals surface area contributed by atoms with E-state index in [9.17, 15) is 9.59 Å². The van der Waals surface area contributed by atoms with Gasteiger partial charge in [0, 0.05) is 16.7 Å². The summed E-state index contributed by atoms with van der Waals surface area (Å²) in [4.78, 5) is 23.0. The highest BCUT2D eigenvalue weighted by Crippen LogP contribution is 2.21. The number of carbonyl (C=O) groups excluding carboxylic acids is 2. The molecule has 0 atom stereocenters. The summed E-state index contributed by atoms with van der Waals surface area (Å²) in [7, 11) is 0. The number of halogens is 1. The molecule has 1 rings (SSSR count). The zero-order chi connectivity index (χ0) is 16.5. The summed E-state index contributed by atoms with van der Waals surface area (Å²) in [5, 5.41) is 6.52. The van der Waals surface area contributed by atoms with Crippen molar-refractivity contribution in [1.82, 2.24) is 10.7 Å². The van der Waals surface area contributed by atoms with Crippen molar-refractivity contribution in [2.45, 2.75) is 27.2 Å². The topological polar surface area (TPSA) is 79.8 Å². The van der Waals surface area contributed by atoms with Gasteiger partial charge < -0.3 is 10.1 Å². The summed E-state index contributed by atoms with van der Waals surface area (Å²) in [6, 6.07) is 5.53. The number of nitrogens with one attached hydrogen (secondary N) is 2. The van der Waals surface area contributed by atoms with Crippen LogP contribution in [0.3, 0.4) is 0 Å². The summed E-state index contributed by atoms with van der Waals surface area (Å²) in [5.74, 6) is 0.138. The summed E-state index contributed by atoms with van der Waals surface area (Å²) < 4.78 is 6.38. The minimum Gasteiger partial charge on any atom is -0.483 e. The number of hydrogen-bond donors (Lipinski definition) is 2. The van der Waals surface area contributed by atoms with Gasteiger partial charge in [0.05, 0.1) is 6.42 Å². The highest BCUT2D eigenvalue weighted by molar-refractivity contribution is 9.10. The fraction of sp³-hybridized carbons (Fsp3) is 0.400. The molecule has 120 valence electrons. The molecule has 0 radical (unpaired) electrons. The Bertz CT molecular complexity index is 573. The molecule has 0 fully saturated rings. The molecular formula is C15H20BrN3O3. The van der Waals surface area contributed by atoms with E-state index in [2.05, 4.69) is 31.8 Å². The van der Waals surface area contributed by atoms with Crippen molar-refractivity contribution in [2.75, 3.05) is 13.2 Å². The van der Waals surface area contributed by atoms with E-state index in [1.807, 2.05) is 26.0 Å². The van der Waals surface area contributed by atoms with Crippen LogP contribution in [0.1, 0.15) is 25.8 Å². The first-order valence-corrected chi connectivity index (χ1v) is 7.69. The molecule has 0 bridgehead atoms. The average Bonchev–Trinajstić information content (AvgIpc) is 2.44. The van der Waals surface area contributed by atoms with E-state index in [0.29, 0.717) is 18.0 Å². The second-order valence-corrected chi connectivity index (χ2v) is 5.63. The molecule has 0 unspecified atom stereocenters. The van der Waals surface area contributed by atoms with Crippen LogP contribution in [0.15, 0.2) is 27.8 Å². The fourth-order valence-corrected chi connectivity index (χ4v) is 2.12. The van der Waals surface area contributed by atoms with Gasteiger partial charge in [0.15, 0.2) is 6.61 Å². The second kappa shape index (κ2) is 9.19. The maximum Gasteiger partial charge on any atom is 0.277 e. The van der Waals surface area contributed by atoms with Crippen LogP contribution in [0.25, 0.3) is 0 Å². The van der Waals surface area contributed by atoms with Crippen molar-refractivity contribution in [3.63, 3.8) is 0 Å². The van der Waals surface area contributed by atoms with Gasteiger partial charge in [0.2, 0.25) is 5.91 Å². The van der Waals surface area contributed by atoms with E-state index in [1.54, 1.807) is 13.0 Å². The summed E-state index contributed by atoms with van der Waals surface area (Å²) in [6.07, 6.45) is 0.154. The lowest BCUT2D eigenvalue weighted by atomic mass is 10.2. The third-order valence-electron chi connectivity index (χ3n) is 2.66. The monoisotopic (exact) mass is 369 g/mol. The third kappa shape index (κ3) is 6.71. The molecule has 1 aromatic carbocycles. The molecule has 0 spiro atoms. The Morgan fingerprint density at radius 2 is 2.05 bits per heavy atom. The van der Waals surface area contributed by atoms with Crippen LogP contribution in [-0.2, 0) is 9.59 Å². The maximum atomic E-state index is 11.7. The molecule has 22 heavy (non-hydrogen) atoms. The smallest absolute Gasteiger partial charge is 0.277 e. The second-order valence-electron chi connectivity index (χ2n) is 4.71. The largest absolute Gasteiger partial charge is 0.483 e. The number of amides is 2. The van der Waals surface area contributed by atoms with Crippen LogP contribution in [0.2, 0.25) is 0 Å². The highest BCUT2D eigenvalue weighted by Gasteiger charge is 2.06. The van der Waals surface area contributed by atoms with E-state index in [0.717, 1.165) is 10.0 Å². The molecule has 0 saturated heterocycles. The van der Waals surface area contributed by atoms with Gasteiger partial charge >= 0.3 is 0 Å². The Morgan fingerprint density at radius 1 is 1.32 bits per heavy atom. The van der Waals surface area contributed by atoms with Gasteiger partial charge in [-0.2, -0.15) is 5.10 Å². The maximum absolute atomic E-state index is 11.7. The van der Waals surface area contributed by atoms with E-state index in [1.165, 1.54) is 0 Å². The molecule has 0 saturated carbocycles. The average molecular weight is 370 g/mol. The van der Waals surface area contributed by atoms with Crippen molar-refractivity contribution in [1.29, 1.82) is 0 Å². The predicted octanol–water partition coefficient (Wildman–Crippen LogP) is 2.15. The Balaban J connectivity index is 2.41. The standard InChI is InChI=1S/C15H20BrN3O3/c1-4-17-14(20)8-11(3)18-19-15(21)9-22-13-6-5-12(16)7-10(13)2/h5-7H,4,8-9H2,1-3H3,(H,17,20)(H,19,21)/b18-11-. The highest BCUT2D eigenvalue weighted by atomic mass is 79.9. The van der Waals surface area contributed by atoms with Crippen molar-refractivity contribution in [3.05, 3.63) is 28.2 Å². The number of rotatable bonds is 7.